The molecule has 0 saturated heterocycles. The quantitative estimate of drug-likeness (QED) is 0.871. The van der Waals surface area contributed by atoms with Gasteiger partial charge in [-0.05, 0) is 30.5 Å². The van der Waals surface area contributed by atoms with Crippen LogP contribution >= 0.6 is 15.9 Å². The molecule has 0 spiro atoms. The van der Waals surface area contributed by atoms with Crippen LogP contribution < -0.4 is 5.32 Å². The molecule has 0 aliphatic heterocycles. The first-order chi connectivity index (χ1) is 7.03. The zero-order valence-corrected chi connectivity index (χ0v) is 9.34. The Hall–Kier alpha value is -1.10. The molecule has 0 aromatic heterocycles. The van der Waals surface area contributed by atoms with Crippen LogP contribution in [0.3, 0.4) is 0 Å². The van der Waals surface area contributed by atoms with Crippen molar-refractivity contribution in [2.24, 2.45) is 0 Å². The molecule has 1 aliphatic carbocycles. The van der Waals surface area contributed by atoms with E-state index in [9.17, 15) is 9.18 Å². The number of halogens is 2. The van der Waals surface area contributed by atoms with Crippen LogP contribution in [0.15, 0.2) is 22.7 Å². The van der Waals surface area contributed by atoms with Gasteiger partial charge >= 0.3 is 6.09 Å². The van der Waals surface area contributed by atoms with Crippen LogP contribution in [0.25, 0.3) is 0 Å². The van der Waals surface area contributed by atoms with Gasteiger partial charge in [-0.3, -0.25) is 0 Å². The van der Waals surface area contributed by atoms with Crippen molar-refractivity contribution in [3.05, 3.63) is 34.1 Å². The van der Waals surface area contributed by atoms with Gasteiger partial charge in [0.25, 0.3) is 0 Å². The van der Waals surface area contributed by atoms with Gasteiger partial charge in [0.05, 0.1) is 5.54 Å². The van der Waals surface area contributed by atoms with Crippen molar-refractivity contribution in [3.8, 4) is 0 Å². The van der Waals surface area contributed by atoms with E-state index in [0.717, 1.165) is 18.4 Å². The highest BCUT2D eigenvalue weighted by molar-refractivity contribution is 9.10. The number of amides is 1. The standard InChI is InChI=1S/C10H9BrFNO2/c11-8-5-6(12)1-2-7(8)10(3-4-10)13-9(14)15/h1-2,5,13H,3-4H2,(H,14,15). The molecule has 1 saturated carbocycles. The molecule has 0 unspecified atom stereocenters. The summed E-state index contributed by atoms with van der Waals surface area (Å²) >= 11 is 3.24. The Labute approximate surface area is 94.4 Å². The summed E-state index contributed by atoms with van der Waals surface area (Å²) in [6, 6.07) is 4.30. The van der Waals surface area contributed by atoms with E-state index in [0.29, 0.717) is 4.47 Å². The van der Waals surface area contributed by atoms with Gasteiger partial charge < -0.3 is 10.4 Å². The van der Waals surface area contributed by atoms with Gasteiger partial charge in [0.1, 0.15) is 5.82 Å². The highest BCUT2D eigenvalue weighted by atomic mass is 79.9. The van der Waals surface area contributed by atoms with Crippen molar-refractivity contribution in [2.75, 3.05) is 0 Å². The minimum Gasteiger partial charge on any atom is -0.465 e. The number of carbonyl (C=O) groups is 1. The van der Waals surface area contributed by atoms with Gasteiger partial charge in [-0.1, -0.05) is 22.0 Å². The third-order valence-electron chi connectivity index (χ3n) is 2.54. The Morgan fingerprint density at radius 3 is 2.67 bits per heavy atom. The SMILES string of the molecule is O=C(O)NC1(c2ccc(F)cc2Br)CC1. The first-order valence-electron chi connectivity index (χ1n) is 4.50. The van der Waals surface area contributed by atoms with Gasteiger partial charge in [-0.2, -0.15) is 0 Å². The molecule has 2 N–H and O–H groups in total. The molecule has 0 atom stereocenters. The zero-order chi connectivity index (χ0) is 11.1. The Bertz CT molecular complexity index is 418. The minimum atomic E-state index is -1.05. The number of carboxylic acid groups (broad SMARTS) is 1. The van der Waals surface area contributed by atoms with E-state index < -0.39 is 11.6 Å². The van der Waals surface area contributed by atoms with Crippen LogP contribution in [-0.4, -0.2) is 11.2 Å². The van der Waals surface area contributed by atoms with Crippen LogP contribution in [0.1, 0.15) is 18.4 Å². The number of rotatable bonds is 2. The van der Waals surface area contributed by atoms with Gasteiger partial charge in [-0.15, -0.1) is 0 Å². The summed E-state index contributed by atoms with van der Waals surface area (Å²) in [5, 5.41) is 11.2. The highest BCUT2D eigenvalue weighted by Crippen LogP contribution is 2.48. The van der Waals surface area contributed by atoms with Crippen LogP contribution in [-0.2, 0) is 5.54 Å². The summed E-state index contributed by atoms with van der Waals surface area (Å²) in [4.78, 5) is 10.6. The number of nitrogens with one attached hydrogen (secondary N) is 1. The van der Waals surface area contributed by atoms with Gasteiger partial charge in [-0.25, -0.2) is 9.18 Å². The van der Waals surface area contributed by atoms with Crippen molar-refractivity contribution < 1.29 is 14.3 Å². The average Bonchev–Trinajstić information content (AvgIpc) is 2.83. The Kier molecular flexibility index (Phi) is 2.42. The molecule has 1 fully saturated rings. The molecule has 1 aliphatic rings. The molecule has 80 valence electrons. The second-order valence-electron chi connectivity index (χ2n) is 3.64. The van der Waals surface area contributed by atoms with Crippen molar-refractivity contribution in [1.82, 2.24) is 5.32 Å². The van der Waals surface area contributed by atoms with Crippen molar-refractivity contribution in [1.29, 1.82) is 0 Å². The topological polar surface area (TPSA) is 49.3 Å². The lowest BCUT2D eigenvalue weighted by atomic mass is 10.1. The summed E-state index contributed by atoms with van der Waals surface area (Å²) in [6.45, 7) is 0. The lowest BCUT2D eigenvalue weighted by Gasteiger charge is -2.17. The molecule has 0 bridgehead atoms. The third kappa shape index (κ3) is 1.97. The fourth-order valence-electron chi connectivity index (χ4n) is 1.67. The molecule has 2 rings (SSSR count). The lowest BCUT2D eigenvalue weighted by molar-refractivity contribution is 0.188. The van der Waals surface area contributed by atoms with Gasteiger partial charge in [0, 0.05) is 4.47 Å². The summed E-state index contributed by atoms with van der Waals surface area (Å²) in [5.74, 6) is -0.336. The monoisotopic (exact) mass is 273 g/mol. The summed E-state index contributed by atoms with van der Waals surface area (Å²) < 4.78 is 13.5. The first kappa shape index (κ1) is 10.4. The molecule has 3 nitrogen and oxygen atoms in total. The number of hydrogen-bond donors (Lipinski definition) is 2. The molecule has 0 radical (unpaired) electrons. The van der Waals surface area contributed by atoms with Crippen molar-refractivity contribution >= 4 is 22.0 Å². The predicted molar refractivity (Wildman–Crippen MR) is 56.2 cm³/mol. The Morgan fingerprint density at radius 2 is 2.20 bits per heavy atom. The smallest absolute Gasteiger partial charge is 0.405 e. The number of hydrogen-bond acceptors (Lipinski definition) is 1. The molecule has 1 aromatic rings. The molecular weight excluding hydrogens is 265 g/mol. The normalized spacial score (nSPS) is 17.2. The van der Waals surface area contributed by atoms with Crippen LogP contribution in [0, 0.1) is 5.82 Å². The predicted octanol–water partition coefficient (Wildman–Crippen LogP) is 2.84. The van der Waals surface area contributed by atoms with E-state index in [4.69, 9.17) is 5.11 Å². The molecule has 1 aromatic carbocycles. The second kappa shape index (κ2) is 3.48. The molecular formula is C10H9BrFNO2. The summed E-state index contributed by atoms with van der Waals surface area (Å²) in [5.41, 5.74) is 0.282. The fourth-order valence-corrected chi connectivity index (χ4v) is 2.40. The average molecular weight is 274 g/mol. The highest BCUT2D eigenvalue weighted by Gasteiger charge is 2.47. The molecule has 0 heterocycles. The largest absolute Gasteiger partial charge is 0.465 e. The van der Waals surface area contributed by atoms with Crippen molar-refractivity contribution in [3.63, 3.8) is 0 Å². The van der Waals surface area contributed by atoms with E-state index in [1.807, 2.05) is 0 Å². The van der Waals surface area contributed by atoms with E-state index >= 15 is 0 Å². The molecule has 15 heavy (non-hydrogen) atoms. The summed E-state index contributed by atoms with van der Waals surface area (Å²) in [6.07, 6.45) is 0.455. The lowest BCUT2D eigenvalue weighted by Crippen LogP contribution is -2.33. The molecule has 5 heteroatoms. The van der Waals surface area contributed by atoms with E-state index in [1.165, 1.54) is 12.1 Å². The maximum absolute atomic E-state index is 12.9. The maximum atomic E-state index is 12.9. The first-order valence-corrected chi connectivity index (χ1v) is 5.29. The second-order valence-corrected chi connectivity index (χ2v) is 4.49. The Balaban J connectivity index is 2.33. The van der Waals surface area contributed by atoms with Crippen LogP contribution in [0.5, 0.6) is 0 Å². The van der Waals surface area contributed by atoms with Crippen molar-refractivity contribution in [2.45, 2.75) is 18.4 Å². The minimum absolute atomic E-state index is 0.336. The van der Waals surface area contributed by atoms with Crippen LogP contribution in [0.4, 0.5) is 9.18 Å². The van der Waals surface area contributed by atoms with Gasteiger partial charge in [0.15, 0.2) is 0 Å². The molecule has 1 amide bonds. The number of benzene rings is 1. The maximum Gasteiger partial charge on any atom is 0.405 e. The van der Waals surface area contributed by atoms with Gasteiger partial charge in [0.2, 0.25) is 0 Å². The van der Waals surface area contributed by atoms with Crippen LogP contribution in [0.2, 0.25) is 0 Å². The Morgan fingerprint density at radius 1 is 1.53 bits per heavy atom. The van der Waals surface area contributed by atoms with E-state index in [1.54, 1.807) is 6.07 Å². The summed E-state index contributed by atoms with van der Waals surface area (Å²) in [7, 11) is 0. The van der Waals surface area contributed by atoms with E-state index in [-0.39, 0.29) is 5.82 Å². The fraction of sp³-hybridized carbons (Fsp3) is 0.300. The third-order valence-corrected chi connectivity index (χ3v) is 3.20. The zero-order valence-electron chi connectivity index (χ0n) is 7.76. The van der Waals surface area contributed by atoms with E-state index in [2.05, 4.69) is 21.2 Å².